The molecule has 0 radical (unpaired) electrons. The van der Waals surface area contributed by atoms with Crippen molar-refractivity contribution in [2.45, 2.75) is 6.04 Å². The first kappa shape index (κ1) is 10.9. The van der Waals surface area contributed by atoms with E-state index in [4.69, 9.17) is 4.74 Å². The Labute approximate surface area is 100.0 Å². The average Bonchev–Trinajstić information content (AvgIpc) is 2.29. The van der Waals surface area contributed by atoms with Crippen LogP contribution in [0.4, 0.5) is 10.2 Å². The van der Waals surface area contributed by atoms with E-state index in [2.05, 4.69) is 9.88 Å². The molecule has 1 aromatic rings. The van der Waals surface area contributed by atoms with Gasteiger partial charge in [0.05, 0.1) is 19.3 Å². The average molecular weight is 237 g/mol. The zero-order valence-corrected chi connectivity index (χ0v) is 9.68. The second-order valence-corrected chi connectivity index (χ2v) is 4.52. The van der Waals surface area contributed by atoms with E-state index in [1.807, 2.05) is 4.90 Å². The molecule has 0 aromatic carbocycles. The summed E-state index contributed by atoms with van der Waals surface area (Å²) in [4.78, 5) is 8.55. The molecule has 5 heteroatoms. The van der Waals surface area contributed by atoms with Crippen LogP contribution in [-0.2, 0) is 4.74 Å². The van der Waals surface area contributed by atoms with Crippen molar-refractivity contribution in [2.24, 2.45) is 0 Å². The van der Waals surface area contributed by atoms with Gasteiger partial charge < -0.3 is 9.64 Å². The Balaban J connectivity index is 1.63. The summed E-state index contributed by atoms with van der Waals surface area (Å²) in [6.07, 6.45) is 1.64. The van der Waals surface area contributed by atoms with Gasteiger partial charge in [0.1, 0.15) is 0 Å². The van der Waals surface area contributed by atoms with Gasteiger partial charge in [-0.1, -0.05) is 0 Å². The quantitative estimate of drug-likeness (QED) is 0.758. The van der Waals surface area contributed by atoms with Crippen molar-refractivity contribution in [3.63, 3.8) is 0 Å². The monoisotopic (exact) mass is 237 g/mol. The van der Waals surface area contributed by atoms with Gasteiger partial charge in [-0.05, 0) is 12.1 Å². The SMILES string of the molecule is Fc1cccnc1N1CCN(C2COC2)CC1. The van der Waals surface area contributed by atoms with Gasteiger partial charge in [-0.15, -0.1) is 0 Å². The number of piperazine rings is 1. The van der Waals surface area contributed by atoms with Crippen LogP contribution >= 0.6 is 0 Å². The molecule has 0 aliphatic carbocycles. The van der Waals surface area contributed by atoms with Gasteiger partial charge >= 0.3 is 0 Å². The Hall–Kier alpha value is -1.20. The highest BCUT2D eigenvalue weighted by molar-refractivity contribution is 5.40. The van der Waals surface area contributed by atoms with Gasteiger partial charge in [0.2, 0.25) is 0 Å². The third-order valence-electron chi connectivity index (χ3n) is 3.49. The number of aromatic nitrogens is 1. The lowest BCUT2D eigenvalue weighted by atomic mass is 10.2. The number of halogens is 1. The van der Waals surface area contributed by atoms with E-state index in [-0.39, 0.29) is 5.82 Å². The Bertz CT molecular complexity index is 389. The van der Waals surface area contributed by atoms with Crippen molar-refractivity contribution in [1.82, 2.24) is 9.88 Å². The lowest BCUT2D eigenvalue weighted by Crippen LogP contribution is -2.56. The molecule has 0 bridgehead atoms. The highest BCUT2D eigenvalue weighted by Crippen LogP contribution is 2.19. The molecule has 3 rings (SSSR count). The number of rotatable bonds is 2. The fourth-order valence-corrected chi connectivity index (χ4v) is 2.34. The summed E-state index contributed by atoms with van der Waals surface area (Å²) < 4.78 is 18.8. The first-order chi connectivity index (χ1) is 8.34. The molecule has 4 nitrogen and oxygen atoms in total. The number of hydrogen-bond acceptors (Lipinski definition) is 4. The van der Waals surface area contributed by atoms with Crippen molar-refractivity contribution in [3.05, 3.63) is 24.1 Å². The minimum Gasteiger partial charge on any atom is -0.378 e. The van der Waals surface area contributed by atoms with E-state index < -0.39 is 0 Å². The van der Waals surface area contributed by atoms with E-state index in [0.29, 0.717) is 11.9 Å². The third-order valence-corrected chi connectivity index (χ3v) is 3.49. The standard InChI is InChI=1S/C12H16FN3O/c13-11-2-1-3-14-12(11)16-6-4-15(5-7-16)10-8-17-9-10/h1-3,10H,4-9H2. The molecule has 0 saturated carbocycles. The second kappa shape index (κ2) is 4.58. The summed E-state index contributed by atoms with van der Waals surface area (Å²) in [7, 11) is 0. The van der Waals surface area contributed by atoms with Gasteiger partial charge in [-0.2, -0.15) is 0 Å². The van der Waals surface area contributed by atoms with Crippen LogP contribution < -0.4 is 4.90 Å². The zero-order valence-electron chi connectivity index (χ0n) is 9.68. The van der Waals surface area contributed by atoms with Crippen LogP contribution in [0.1, 0.15) is 0 Å². The predicted octanol–water partition coefficient (Wildman–Crippen LogP) is 0.742. The molecule has 0 atom stereocenters. The van der Waals surface area contributed by atoms with Crippen LogP contribution in [0.5, 0.6) is 0 Å². The third kappa shape index (κ3) is 2.12. The van der Waals surface area contributed by atoms with E-state index in [0.717, 1.165) is 39.4 Å². The topological polar surface area (TPSA) is 28.6 Å². The van der Waals surface area contributed by atoms with Gasteiger partial charge in [0.15, 0.2) is 11.6 Å². The number of pyridine rings is 1. The predicted molar refractivity (Wildman–Crippen MR) is 62.6 cm³/mol. The highest BCUT2D eigenvalue weighted by atomic mass is 19.1. The normalized spacial score (nSPS) is 22.5. The molecule has 0 spiro atoms. The number of anilines is 1. The Morgan fingerprint density at radius 1 is 1.24 bits per heavy atom. The number of hydrogen-bond donors (Lipinski definition) is 0. The number of nitrogens with zero attached hydrogens (tertiary/aromatic N) is 3. The van der Waals surface area contributed by atoms with Crippen molar-refractivity contribution >= 4 is 5.82 Å². The van der Waals surface area contributed by atoms with Gasteiger partial charge in [0, 0.05) is 32.4 Å². The largest absolute Gasteiger partial charge is 0.378 e. The number of ether oxygens (including phenoxy) is 1. The molecule has 0 amide bonds. The van der Waals surface area contributed by atoms with Crippen LogP contribution in [0.15, 0.2) is 18.3 Å². The van der Waals surface area contributed by atoms with Crippen LogP contribution in [0.3, 0.4) is 0 Å². The summed E-state index contributed by atoms with van der Waals surface area (Å²) >= 11 is 0. The molecule has 2 saturated heterocycles. The van der Waals surface area contributed by atoms with E-state index in [1.54, 1.807) is 12.3 Å². The van der Waals surface area contributed by atoms with Gasteiger partial charge in [-0.25, -0.2) is 9.37 Å². The molecular formula is C12H16FN3O. The van der Waals surface area contributed by atoms with Crippen LogP contribution in [0.2, 0.25) is 0 Å². The first-order valence-corrected chi connectivity index (χ1v) is 6.02. The summed E-state index contributed by atoms with van der Waals surface area (Å²) in [6.45, 7) is 5.29. The lowest BCUT2D eigenvalue weighted by Gasteiger charge is -2.42. The summed E-state index contributed by atoms with van der Waals surface area (Å²) in [6, 6.07) is 3.67. The van der Waals surface area contributed by atoms with Crippen LogP contribution in [0.25, 0.3) is 0 Å². The molecule has 17 heavy (non-hydrogen) atoms. The van der Waals surface area contributed by atoms with E-state index >= 15 is 0 Å². The van der Waals surface area contributed by atoms with Gasteiger partial charge in [0.25, 0.3) is 0 Å². The summed E-state index contributed by atoms with van der Waals surface area (Å²) in [5, 5.41) is 0. The maximum absolute atomic E-state index is 13.6. The maximum Gasteiger partial charge on any atom is 0.165 e. The molecule has 3 heterocycles. The van der Waals surface area contributed by atoms with Crippen LogP contribution in [-0.4, -0.2) is 55.3 Å². The summed E-state index contributed by atoms with van der Waals surface area (Å²) in [5.74, 6) is 0.255. The minimum atomic E-state index is -0.229. The molecule has 2 aliphatic rings. The lowest BCUT2D eigenvalue weighted by molar-refractivity contribution is -0.0661. The van der Waals surface area contributed by atoms with Gasteiger partial charge in [-0.3, -0.25) is 4.90 Å². The molecule has 2 aliphatic heterocycles. The minimum absolute atomic E-state index is 0.229. The van der Waals surface area contributed by atoms with Crippen molar-refractivity contribution in [2.75, 3.05) is 44.3 Å². The molecular weight excluding hydrogens is 221 g/mol. The van der Waals surface area contributed by atoms with Crippen LogP contribution in [0, 0.1) is 5.82 Å². The summed E-state index contributed by atoms with van der Waals surface area (Å²) in [5.41, 5.74) is 0. The van der Waals surface area contributed by atoms with E-state index in [1.165, 1.54) is 6.07 Å². The Kier molecular flexibility index (Phi) is 2.94. The molecule has 0 N–H and O–H groups in total. The van der Waals surface area contributed by atoms with Crippen molar-refractivity contribution in [1.29, 1.82) is 0 Å². The second-order valence-electron chi connectivity index (χ2n) is 4.52. The van der Waals surface area contributed by atoms with E-state index in [9.17, 15) is 4.39 Å². The smallest absolute Gasteiger partial charge is 0.165 e. The van der Waals surface area contributed by atoms with Crippen molar-refractivity contribution < 1.29 is 9.13 Å². The molecule has 92 valence electrons. The maximum atomic E-state index is 13.6. The zero-order chi connectivity index (χ0) is 11.7. The van der Waals surface area contributed by atoms with Crippen molar-refractivity contribution in [3.8, 4) is 0 Å². The first-order valence-electron chi connectivity index (χ1n) is 6.02. The fourth-order valence-electron chi connectivity index (χ4n) is 2.34. The Morgan fingerprint density at radius 3 is 2.59 bits per heavy atom. The fraction of sp³-hybridized carbons (Fsp3) is 0.583. The molecule has 2 fully saturated rings. The molecule has 1 aromatic heterocycles. The molecule has 0 unspecified atom stereocenters. The highest BCUT2D eigenvalue weighted by Gasteiger charge is 2.29. The Morgan fingerprint density at radius 2 is 2.00 bits per heavy atom.